The third-order valence-electron chi connectivity index (χ3n) is 3.48. The fourth-order valence-electron chi connectivity index (χ4n) is 2.66. The molecule has 0 unspecified atom stereocenters. The van der Waals surface area contributed by atoms with Crippen molar-refractivity contribution in [1.29, 1.82) is 0 Å². The third-order valence-corrected chi connectivity index (χ3v) is 3.48. The predicted molar refractivity (Wildman–Crippen MR) is 52.4 cm³/mol. The van der Waals surface area contributed by atoms with E-state index in [1.165, 1.54) is 19.3 Å². The first-order valence-corrected chi connectivity index (χ1v) is 5.47. The fraction of sp³-hybridized carbons (Fsp3) is 1.00. The maximum atomic E-state index is 9.93. The summed E-state index contributed by atoms with van der Waals surface area (Å²) in [5, 5.41) is 9.93. The number of hydrogen-bond donors (Lipinski definition) is 2. The van der Waals surface area contributed by atoms with E-state index >= 15 is 0 Å². The Morgan fingerprint density at radius 2 is 1.77 bits per heavy atom. The van der Waals surface area contributed by atoms with Crippen LogP contribution in [0, 0.1) is 0 Å². The topological polar surface area (TPSA) is 49.5 Å². The number of aliphatic hydroxyl groups is 1. The minimum Gasteiger partial charge on any atom is -0.390 e. The van der Waals surface area contributed by atoms with Gasteiger partial charge in [-0.3, -0.25) is 4.90 Å². The second-order valence-electron chi connectivity index (χ2n) is 4.40. The van der Waals surface area contributed by atoms with E-state index in [1.54, 1.807) is 0 Å². The van der Waals surface area contributed by atoms with Crippen molar-refractivity contribution >= 4 is 0 Å². The van der Waals surface area contributed by atoms with Crippen LogP contribution in [-0.2, 0) is 0 Å². The average Bonchev–Trinajstić information content (AvgIpc) is 2.62. The van der Waals surface area contributed by atoms with Gasteiger partial charge in [-0.05, 0) is 38.8 Å². The van der Waals surface area contributed by atoms with Crippen LogP contribution in [0.3, 0.4) is 0 Å². The van der Waals surface area contributed by atoms with E-state index < -0.39 is 0 Å². The first kappa shape index (κ1) is 9.44. The van der Waals surface area contributed by atoms with Gasteiger partial charge in [0, 0.05) is 12.1 Å². The van der Waals surface area contributed by atoms with E-state index in [0.29, 0.717) is 6.04 Å². The lowest BCUT2D eigenvalue weighted by atomic mass is 9.88. The monoisotopic (exact) mass is 184 g/mol. The molecule has 0 radical (unpaired) electrons. The molecule has 3 heteroatoms. The van der Waals surface area contributed by atoms with E-state index in [2.05, 4.69) is 4.90 Å². The molecule has 3 N–H and O–H groups in total. The Kier molecular flexibility index (Phi) is 2.86. The van der Waals surface area contributed by atoms with Gasteiger partial charge in [0.05, 0.1) is 6.10 Å². The van der Waals surface area contributed by atoms with Crippen molar-refractivity contribution in [2.45, 2.75) is 50.3 Å². The standard InChI is InChI=1S/C10H20N2O/c11-8-4-3-5-9(10(8)13)12-6-1-2-7-12/h8-10,13H,1-7,11H2/t8-,9-,10-/m1/s1. The summed E-state index contributed by atoms with van der Waals surface area (Å²) in [6.07, 6.45) is 5.60. The SMILES string of the molecule is N[C@@H]1CCC[C@@H](N2CCCC2)[C@@H]1O. The van der Waals surface area contributed by atoms with E-state index in [0.717, 1.165) is 25.9 Å². The molecule has 76 valence electrons. The van der Waals surface area contributed by atoms with Gasteiger partial charge >= 0.3 is 0 Å². The third kappa shape index (κ3) is 1.87. The summed E-state index contributed by atoms with van der Waals surface area (Å²) in [6, 6.07) is 0.366. The molecule has 0 bridgehead atoms. The summed E-state index contributed by atoms with van der Waals surface area (Å²) in [6.45, 7) is 2.32. The number of nitrogens with two attached hydrogens (primary N) is 1. The Morgan fingerprint density at radius 1 is 1.08 bits per heavy atom. The molecular formula is C10H20N2O. The lowest BCUT2D eigenvalue weighted by Crippen LogP contribution is -2.53. The highest BCUT2D eigenvalue weighted by atomic mass is 16.3. The molecule has 0 aromatic carbocycles. The largest absolute Gasteiger partial charge is 0.390 e. The Morgan fingerprint density at radius 3 is 2.46 bits per heavy atom. The normalized spacial score (nSPS) is 42.5. The molecule has 0 spiro atoms. The van der Waals surface area contributed by atoms with Crippen LogP contribution in [0.5, 0.6) is 0 Å². The summed E-state index contributed by atoms with van der Waals surface area (Å²) < 4.78 is 0. The zero-order valence-electron chi connectivity index (χ0n) is 8.15. The number of hydrogen-bond acceptors (Lipinski definition) is 3. The molecule has 3 nitrogen and oxygen atoms in total. The minimum atomic E-state index is -0.285. The highest BCUT2D eigenvalue weighted by Crippen LogP contribution is 2.25. The van der Waals surface area contributed by atoms with E-state index in [-0.39, 0.29) is 12.1 Å². The van der Waals surface area contributed by atoms with E-state index in [4.69, 9.17) is 5.73 Å². The van der Waals surface area contributed by atoms with Crippen molar-refractivity contribution < 1.29 is 5.11 Å². The van der Waals surface area contributed by atoms with Gasteiger partial charge in [-0.15, -0.1) is 0 Å². The van der Waals surface area contributed by atoms with Gasteiger partial charge in [-0.25, -0.2) is 0 Å². The predicted octanol–water partition coefficient (Wildman–Crippen LogP) is 0.323. The van der Waals surface area contributed by atoms with Gasteiger partial charge in [0.15, 0.2) is 0 Å². The summed E-state index contributed by atoms with van der Waals surface area (Å²) in [5.41, 5.74) is 5.86. The van der Waals surface area contributed by atoms with Crippen molar-refractivity contribution in [3.63, 3.8) is 0 Å². The molecule has 1 saturated carbocycles. The number of nitrogens with zero attached hydrogens (tertiary/aromatic N) is 1. The van der Waals surface area contributed by atoms with Crippen molar-refractivity contribution in [2.75, 3.05) is 13.1 Å². The molecule has 2 fully saturated rings. The van der Waals surface area contributed by atoms with Crippen molar-refractivity contribution in [3.05, 3.63) is 0 Å². The zero-order chi connectivity index (χ0) is 9.26. The van der Waals surface area contributed by atoms with Crippen molar-refractivity contribution in [3.8, 4) is 0 Å². The maximum absolute atomic E-state index is 9.93. The Labute approximate surface area is 79.9 Å². The summed E-state index contributed by atoms with van der Waals surface area (Å²) >= 11 is 0. The smallest absolute Gasteiger partial charge is 0.0845 e. The Balaban J connectivity index is 1.95. The van der Waals surface area contributed by atoms with Crippen LogP contribution < -0.4 is 5.73 Å². The molecule has 0 aromatic heterocycles. The first-order chi connectivity index (χ1) is 6.29. The minimum absolute atomic E-state index is 0.0133. The van der Waals surface area contributed by atoms with Crippen LogP contribution in [0.15, 0.2) is 0 Å². The van der Waals surface area contributed by atoms with Crippen LogP contribution in [0.4, 0.5) is 0 Å². The molecule has 0 amide bonds. The van der Waals surface area contributed by atoms with E-state index in [1.807, 2.05) is 0 Å². The van der Waals surface area contributed by atoms with Crippen molar-refractivity contribution in [1.82, 2.24) is 4.90 Å². The average molecular weight is 184 g/mol. The molecule has 1 saturated heterocycles. The molecule has 1 aliphatic heterocycles. The summed E-state index contributed by atoms with van der Waals surface area (Å²) in [5.74, 6) is 0. The lowest BCUT2D eigenvalue weighted by molar-refractivity contribution is 0.0171. The molecule has 0 aromatic rings. The molecule has 13 heavy (non-hydrogen) atoms. The van der Waals surface area contributed by atoms with Crippen LogP contribution in [0.1, 0.15) is 32.1 Å². The van der Waals surface area contributed by atoms with Crippen LogP contribution in [0.2, 0.25) is 0 Å². The molecule has 3 atom stereocenters. The zero-order valence-corrected chi connectivity index (χ0v) is 8.15. The first-order valence-electron chi connectivity index (χ1n) is 5.47. The van der Waals surface area contributed by atoms with Gasteiger partial charge in [-0.2, -0.15) is 0 Å². The van der Waals surface area contributed by atoms with Crippen molar-refractivity contribution in [2.24, 2.45) is 5.73 Å². The second kappa shape index (κ2) is 3.95. The van der Waals surface area contributed by atoms with Gasteiger partial charge in [-0.1, -0.05) is 6.42 Å². The molecule has 2 rings (SSSR count). The highest BCUT2D eigenvalue weighted by Gasteiger charge is 2.34. The van der Waals surface area contributed by atoms with Gasteiger partial charge < -0.3 is 10.8 Å². The van der Waals surface area contributed by atoms with Gasteiger partial charge in [0.1, 0.15) is 0 Å². The van der Waals surface area contributed by atoms with Crippen LogP contribution in [0.25, 0.3) is 0 Å². The molecule has 2 aliphatic rings. The quantitative estimate of drug-likeness (QED) is 0.617. The molecular weight excluding hydrogens is 164 g/mol. The number of likely N-dealkylation sites (tertiary alicyclic amines) is 1. The summed E-state index contributed by atoms with van der Waals surface area (Å²) in [4.78, 5) is 2.42. The Hall–Kier alpha value is -0.120. The highest BCUT2D eigenvalue weighted by molar-refractivity contribution is 4.91. The Bertz CT molecular complexity index is 166. The van der Waals surface area contributed by atoms with Gasteiger partial charge in [0.25, 0.3) is 0 Å². The van der Waals surface area contributed by atoms with Crippen LogP contribution >= 0.6 is 0 Å². The number of rotatable bonds is 1. The maximum Gasteiger partial charge on any atom is 0.0845 e. The fourth-order valence-corrected chi connectivity index (χ4v) is 2.66. The van der Waals surface area contributed by atoms with E-state index in [9.17, 15) is 5.11 Å². The molecule has 1 heterocycles. The summed E-state index contributed by atoms with van der Waals surface area (Å²) in [7, 11) is 0. The van der Waals surface area contributed by atoms with Gasteiger partial charge in [0.2, 0.25) is 0 Å². The molecule has 1 aliphatic carbocycles. The van der Waals surface area contributed by atoms with Crippen LogP contribution in [-0.4, -0.2) is 41.3 Å². The number of aliphatic hydroxyl groups excluding tert-OH is 1. The second-order valence-corrected chi connectivity index (χ2v) is 4.40. The lowest BCUT2D eigenvalue weighted by Gasteiger charge is -2.38.